The highest BCUT2D eigenvalue weighted by atomic mass is 35.5. The second-order valence-electron chi connectivity index (χ2n) is 7.36. The van der Waals surface area contributed by atoms with Crippen LogP contribution in [-0.4, -0.2) is 46.0 Å². The van der Waals surface area contributed by atoms with E-state index in [0.29, 0.717) is 19.5 Å². The Labute approximate surface area is 170 Å². The van der Waals surface area contributed by atoms with Crippen LogP contribution in [0.25, 0.3) is 11.0 Å². The van der Waals surface area contributed by atoms with Crippen molar-refractivity contribution in [2.45, 2.75) is 18.9 Å². The number of H-pyrrole nitrogens is 1. The Morgan fingerprint density at radius 1 is 1.38 bits per heavy atom. The van der Waals surface area contributed by atoms with Gasteiger partial charge in [0.2, 0.25) is 0 Å². The Hall–Kier alpha value is -2.78. The second-order valence-corrected chi connectivity index (χ2v) is 7.76. The van der Waals surface area contributed by atoms with Crippen LogP contribution >= 0.6 is 11.6 Å². The summed E-state index contributed by atoms with van der Waals surface area (Å²) in [5, 5.41) is 3.46. The van der Waals surface area contributed by atoms with Crippen LogP contribution in [0.1, 0.15) is 22.3 Å². The van der Waals surface area contributed by atoms with E-state index in [4.69, 9.17) is 17.3 Å². The first-order valence-corrected chi connectivity index (χ1v) is 9.40. The highest BCUT2D eigenvalue weighted by molar-refractivity contribution is 6.33. The van der Waals surface area contributed by atoms with Gasteiger partial charge in [0.25, 0.3) is 5.91 Å². The van der Waals surface area contributed by atoms with Crippen molar-refractivity contribution in [3.63, 3.8) is 0 Å². The number of nitrogens with two attached hydrogens (primary N) is 1. The molecule has 1 fully saturated rings. The van der Waals surface area contributed by atoms with Gasteiger partial charge in [0.05, 0.1) is 21.5 Å². The van der Waals surface area contributed by atoms with Crippen LogP contribution in [0, 0.1) is 18.6 Å². The molecule has 3 aromatic rings. The van der Waals surface area contributed by atoms with Crippen LogP contribution < -0.4 is 16.0 Å². The van der Waals surface area contributed by atoms with Gasteiger partial charge in [-0.1, -0.05) is 11.6 Å². The third-order valence-corrected chi connectivity index (χ3v) is 5.50. The van der Waals surface area contributed by atoms with E-state index in [0.717, 1.165) is 34.5 Å². The fourth-order valence-electron chi connectivity index (χ4n) is 3.61. The maximum atomic E-state index is 13.4. The molecule has 0 bridgehead atoms. The lowest BCUT2D eigenvalue weighted by Gasteiger charge is -2.25. The van der Waals surface area contributed by atoms with Gasteiger partial charge in [-0.3, -0.25) is 4.79 Å². The largest absolute Gasteiger partial charge is 0.354 e. The van der Waals surface area contributed by atoms with Gasteiger partial charge in [-0.15, -0.1) is 0 Å². The van der Waals surface area contributed by atoms with Crippen molar-refractivity contribution in [2.24, 2.45) is 5.73 Å². The molecule has 0 aliphatic carbocycles. The Bertz CT molecular complexity index is 1100. The van der Waals surface area contributed by atoms with E-state index < -0.39 is 23.1 Å². The van der Waals surface area contributed by atoms with E-state index in [9.17, 15) is 13.6 Å². The molecule has 1 atom stereocenters. The first-order valence-electron chi connectivity index (χ1n) is 9.03. The molecule has 29 heavy (non-hydrogen) atoms. The molecule has 1 saturated heterocycles. The van der Waals surface area contributed by atoms with Gasteiger partial charge in [0, 0.05) is 25.8 Å². The number of nitrogens with zero attached hydrogens (tertiary/aromatic N) is 3. The number of hydrogen-bond acceptors (Lipinski definition) is 5. The molecule has 3 heterocycles. The molecule has 1 aliphatic heterocycles. The Kier molecular flexibility index (Phi) is 4.87. The van der Waals surface area contributed by atoms with Crippen molar-refractivity contribution in [1.29, 1.82) is 0 Å². The van der Waals surface area contributed by atoms with E-state index in [1.807, 2.05) is 13.1 Å². The number of benzene rings is 1. The molecule has 0 saturated carbocycles. The first kappa shape index (κ1) is 19.5. The lowest BCUT2D eigenvalue weighted by atomic mass is 10.00. The summed E-state index contributed by atoms with van der Waals surface area (Å²) in [7, 11) is 0. The van der Waals surface area contributed by atoms with Crippen LogP contribution in [0.3, 0.4) is 0 Å². The predicted octanol–water partition coefficient (Wildman–Crippen LogP) is 2.54. The number of carbonyl (C=O) groups excluding carboxylic acids is 1. The molecule has 10 heteroatoms. The smallest absolute Gasteiger partial charge is 0.252 e. The number of hydrogen-bond donors (Lipinski definition) is 3. The molecule has 7 nitrogen and oxygen atoms in total. The van der Waals surface area contributed by atoms with E-state index in [-0.39, 0.29) is 17.1 Å². The summed E-state index contributed by atoms with van der Waals surface area (Å²) in [4.78, 5) is 26.2. The van der Waals surface area contributed by atoms with Crippen LogP contribution in [0.4, 0.5) is 14.6 Å². The average molecular weight is 421 g/mol. The van der Waals surface area contributed by atoms with Crippen molar-refractivity contribution in [2.75, 3.05) is 24.5 Å². The molecule has 1 amide bonds. The zero-order chi connectivity index (χ0) is 20.8. The van der Waals surface area contributed by atoms with Crippen molar-refractivity contribution in [1.82, 2.24) is 20.3 Å². The van der Waals surface area contributed by atoms with E-state index in [1.165, 1.54) is 6.33 Å². The monoisotopic (exact) mass is 420 g/mol. The Balaban J connectivity index is 1.47. The normalized spacial score (nSPS) is 19.1. The van der Waals surface area contributed by atoms with Gasteiger partial charge in [-0.2, -0.15) is 0 Å². The number of nitrogens with one attached hydrogen (secondary N) is 2. The highest BCUT2D eigenvalue weighted by Gasteiger charge is 2.36. The minimum Gasteiger partial charge on any atom is -0.354 e. The number of anilines is 1. The number of carbonyl (C=O) groups is 1. The number of amides is 1. The lowest BCUT2D eigenvalue weighted by molar-refractivity contribution is 0.0944. The summed E-state index contributed by atoms with van der Waals surface area (Å²) < 4.78 is 26.7. The SMILES string of the molecule is Cc1c[nH]c2ncnc(N3CC[C@](N)(CNC(=O)c4cc(F)c(F)cc4Cl)C3)c12. The minimum absolute atomic E-state index is 0.135. The van der Waals surface area contributed by atoms with Gasteiger partial charge in [0.1, 0.15) is 17.8 Å². The highest BCUT2D eigenvalue weighted by Crippen LogP contribution is 2.30. The fourth-order valence-corrected chi connectivity index (χ4v) is 3.84. The number of rotatable bonds is 4. The number of aromatic amines is 1. The second kappa shape index (κ2) is 7.23. The van der Waals surface area contributed by atoms with Crippen molar-refractivity contribution < 1.29 is 13.6 Å². The summed E-state index contributed by atoms with van der Waals surface area (Å²) in [5.74, 6) is -2.06. The number of fused-ring (bicyclic) bond motifs is 1. The Morgan fingerprint density at radius 3 is 2.93 bits per heavy atom. The Morgan fingerprint density at radius 2 is 2.14 bits per heavy atom. The van der Waals surface area contributed by atoms with Crippen molar-refractivity contribution >= 4 is 34.4 Å². The van der Waals surface area contributed by atoms with Gasteiger partial charge in [0.15, 0.2) is 11.6 Å². The van der Waals surface area contributed by atoms with Gasteiger partial charge in [-0.25, -0.2) is 18.7 Å². The zero-order valence-corrected chi connectivity index (χ0v) is 16.4. The molecule has 2 aromatic heterocycles. The number of aryl methyl sites for hydroxylation is 1. The predicted molar refractivity (Wildman–Crippen MR) is 106 cm³/mol. The third kappa shape index (κ3) is 3.63. The van der Waals surface area contributed by atoms with Crippen molar-refractivity contribution in [3.8, 4) is 0 Å². The fraction of sp³-hybridized carbons (Fsp3) is 0.316. The van der Waals surface area contributed by atoms with Crippen LogP contribution in [0.5, 0.6) is 0 Å². The maximum absolute atomic E-state index is 13.4. The number of halogens is 3. The van der Waals surface area contributed by atoms with E-state index >= 15 is 0 Å². The molecular formula is C19H19ClF2N6O. The minimum atomic E-state index is -1.14. The lowest BCUT2D eigenvalue weighted by Crippen LogP contribution is -2.52. The third-order valence-electron chi connectivity index (χ3n) is 5.19. The van der Waals surface area contributed by atoms with E-state index in [1.54, 1.807) is 0 Å². The van der Waals surface area contributed by atoms with Gasteiger partial charge >= 0.3 is 0 Å². The molecule has 152 valence electrons. The number of aromatic nitrogens is 3. The van der Waals surface area contributed by atoms with Gasteiger partial charge in [-0.05, 0) is 31.0 Å². The summed E-state index contributed by atoms with van der Waals surface area (Å²) in [5.41, 5.74) is 7.43. The molecule has 1 aromatic carbocycles. The van der Waals surface area contributed by atoms with Crippen LogP contribution in [0.2, 0.25) is 5.02 Å². The molecule has 0 radical (unpaired) electrons. The maximum Gasteiger partial charge on any atom is 0.252 e. The topological polar surface area (TPSA) is 99.9 Å². The summed E-state index contributed by atoms with van der Waals surface area (Å²) in [6.45, 7) is 3.26. The molecule has 4 rings (SSSR count). The van der Waals surface area contributed by atoms with Gasteiger partial charge < -0.3 is 20.9 Å². The zero-order valence-electron chi connectivity index (χ0n) is 15.6. The molecule has 0 spiro atoms. The molecule has 1 aliphatic rings. The standard InChI is InChI=1S/C19H19ClF2N6O/c1-10-6-24-16-15(10)17(27-9-26-16)28-3-2-19(23,8-28)7-25-18(29)11-4-13(21)14(22)5-12(11)20/h4-6,9H,2-3,7-8,23H2,1H3,(H,25,29)(H,24,26,27)/t19-/m0/s1. The van der Waals surface area contributed by atoms with Crippen LogP contribution in [-0.2, 0) is 0 Å². The van der Waals surface area contributed by atoms with E-state index in [2.05, 4.69) is 25.2 Å². The summed E-state index contributed by atoms with van der Waals surface area (Å²) in [6.07, 6.45) is 3.99. The quantitative estimate of drug-likeness (QED) is 0.563. The average Bonchev–Trinajstić information content (AvgIpc) is 3.27. The van der Waals surface area contributed by atoms with Crippen LogP contribution in [0.15, 0.2) is 24.7 Å². The summed E-state index contributed by atoms with van der Waals surface area (Å²) in [6, 6.07) is 1.56. The molecule has 4 N–H and O–H groups in total. The summed E-state index contributed by atoms with van der Waals surface area (Å²) >= 11 is 5.87. The first-order chi connectivity index (χ1) is 13.8. The van der Waals surface area contributed by atoms with Crippen molar-refractivity contribution in [3.05, 3.63) is 52.4 Å². The molecule has 0 unspecified atom stereocenters. The molecular weight excluding hydrogens is 402 g/mol.